The van der Waals surface area contributed by atoms with Gasteiger partial charge in [-0.3, -0.25) is 4.68 Å². The molecule has 74 valence electrons. The molecule has 1 heterocycles. The van der Waals surface area contributed by atoms with Crippen LogP contribution in [0.2, 0.25) is 0 Å². The Labute approximate surface area is 82.3 Å². The molecule has 0 saturated carbocycles. The Kier molecular flexibility index (Phi) is 2.13. The number of hydrogen-bond donors (Lipinski definition) is 1. The molecule has 1 aromatic heterocycles. The second-order valence-corrected chi connectivity index (χ2v) is 3.20. The van der Waals surface area contributed by atoms with Gasteiger partial charge in [-0.1, -0.05) is 0 Å². The first-order valence-corrected chi connectivity index (χ1v) is 4.45. The van der Waals surface area contributed by atoms with Gasteiger partial charge in [0.1, 0.15) is 5.75 Å². The fourth-order valence-electron chi connectivity index (χ4n) is 1.56. The minimum absolute atomic E-state index is 0.511. The van der Waals surface area contributed by atoms with E-state index in [-0.39, 0.29) is 0 Å². The van der Waals surface area contributed by atoms with E-state index in [1.54, 1.807) is 13.3 Å². The lowest BCUT2D eigenvalue weighted by Gasteiger charge is -2.05. The van der Waals surface area contributed by atoms with Gasteiger partial charge in [0.2, 0.25) is 0 Å². The van der Waals surface area contributed by atoms with Crippen molar-refractivity contribution in [3.63, 3.8) is 0 Å². The minimum Gasteiger partial charge on any atom is -0.496 e. The number of aryl methyl sites for hydroxylation is 1. The zero-order valence-corrected chi connectivity index (χ0v) is 8.32. The quantitative estimate of drug-likeness (QED) is 0.771. The molecule has 0 atom stereocenters. The zero-order chi connectivity index (χ0) is 10.1. The summed E-state index contributed by atoms with van der Waals surface area (Å²) in [6, 6.07) is 3.98. The third kappa shape index (κ3) is 1.24. The van der Waals surface area contributed by atoms with Gasteiger partial charge in [-0.25, -0.2) is 0 Å². The summed E-state index contributed by atoms with van der Waals surface area (Å²) in [5.74, 6) is 0.830. The van der Waals surface area contributed by atoms with Crippen LogP contribution in [-0.2, 0) is 13.6 Å². The molecule has 0 aliphatic rings. The smallest absolute Gasteiger partial charge is 0.130 e. The molecular formula is C10H13N3O. The lowest BCUT2D eigenvalue weighted by molar-refractivity contribution is 0.419. The highest BCUT2D eigenvalue weighted by molar-refractivity contribution is 5.85. The molecule has 0 aliphatic heterocycles. The van der Waals surface area contributed by atoms with Crippen molar-refractivity contribution in [2.24, 2.45) is 12.8 Å². The van der Waals surface area contributed by atoms with Gasteiger partial charge in [0.25, 0.3) is 0 Å². The van der Waals surface area contributed by atoms with Crippen molar-refractivity contribution in [2.75, 3.05) is 7.11 Å². The molecule has 2 aromatic rings. The van der Waals surface area contributed by atoms with E-state index in [1.807, 2.05) is 23.9 Å². The standard InChI is InChI=1S/C10H13N3O/c1-13-9-3-7(5-11)4-10(14-2)8(9)6-12-13/h3-4,6H,5,11H2,1-2H3. The molecule has 2 N–H and O–H groups in total. The average molecular weight is 191 g/mol. The number of ether oxygens (including phenoxy) is 1. The van der Waals surface area contributed by atoms with Crippen molar-refractivity contribution in [1.82, 2.24) is 9.78 Å². The second kappa shape index (κ2) is 3.31. The fourth-order valence-corrected chi connectivity index (χ4v) is 1.56. The normalized spacial score (nSPS) is 10.8. The van der Waals surface area contributed by atoms with E-state index >= 15 is 0 Å². The van der Waals surface area contributed by atoms with Crippen molar-refractivity contribution in [3.8, 4) is 5.75 Å². The Balaban J connectivity index is 2.76. The van der Waals surface area contributed by atoms with Crippen molar-refractivity contribution >= 4 is 10.9 Å². The Morgan fingerprint density at radius 1 is 1.50 bits per heavy atom. The summed E-state index contributed by atoms with van der Waals surface area (Å²) in [7, 11) is 3.56. The summed E-state index contributed by atoms with van der Waals surface area (Å²) in [5.41, 5.74) is 7.70. The van der Waals surface area contributed by atoms with Crippen LogP contribution in [0.3, 0.4) is 0 Å². The number of nitrogens with two attached hydrogens (primary N) is 1. The maximum atomic E-state index is 5.60. The summed E-state index contributed by atoms with van der Waals surface area (Å²) >= 11 is 0. The highest BCUT2D eigenvalue weighted by Gasteiger charge is 2.07. The van der Waals surface area contributed by atoms with Gasteiger partial charge >= 0.3 is 0 Å². The number of nitrogens with zero attached hydrogens (tertiary/aromatic N) is 2. The summed E-state index contributed by atoms with van der Waals surface area (Å²) in [6.07, 6.45) is 1.80. The molecule has 0 amide bonds. The van der Waals surface area contributed by atoms with Crippen molar-refractivity contribution in [3.05, 3.63) is 23.9 Å². The summed E-state index contributed by atoms with van der Waals surface area (Å²) in [5, 5.41) is 5.20. The molecule has 4 nitrogen and oxygen atoms in total. The van der Waals surface area contributed by atoms with Crippen LogP contribution in [0.15, 0.2) is 18.3 Å². The van der Waals surface area contributed by atoms with Crippen molar-refractivity contribution < 1.29 is 4.74 Å². The van der Waals surface area contributed by atoms with Crippen LogP contribution in [0.1, 0.15) is 5.56 Å². The first-order chi connectivity index (χ1) is 6.76. The Bertz CT molecular complexity index is 462. The predicted octanol–water partition coefficient (Wildman–Crippen LogP) is 1.04. The van der Waals surface area contributed by atoms with Crippen LogP contribution >= 0.6 is 0 Å². The maximum Gasteiger partial charge on any atom is 0.130 e. The molecule has 4 heteroatoms. The van der Waals surface area contributed by atoms with Gasteiger partial charge in [0, 0.05) is 13.6 Å². The van der Waals surface area contributed by atoms with Gasteiger partial charge in [0.05, 0.1) is 24.2 Å². The summed E-state index contributed by atoms with van der Waals surface area (Å²) in [4.78, 5) is 0. The van der Waals surface area contributed by atoms with E-state index in [4.69, 9.17) is 10.5 Å². The predicted molar refractivity (Wildman–Crippen MR) is 55.2 cm³/mol. The summed E-state index contributed by atoms with van der Waals surface area (Å²) in [6.45, 7) is 0.511. The van der Waals surface area contributed by atoms with Crippen LogP contribution in [0.25, 0.3) is 10.9 Å². The topological polar surface area (TPSA) is 53.1 Å². The van der Waals surface area contributed by atoms with Gasteiger partial charge in [0.15, 0.2) is 0 Å². The molecule has 0 radical (unpaired) electrons. The number of rotatable bonds is 2. The molecule has 2 rings (SSSR count). The van der Waals surface area contributed by atoms with E-state index in [9.17, 15) is 0 Å². The summed E-state index contributed by atoms with van der Waals surface area (Å²) < 4.78 is 7.09. The number of aromatic nitrogens is 2. The Hall–Kier alpha value is -1.55. The number of benzene rings is 1. The number of hydrogen-bond acceptors (Lipinski definition) is 3. The van der Waals surface area contributed by atoms with E-state index < -0.39 is 0 Å². The molecule has 0 unspecified atom stereocenters. The first-order valence-electron chi connectivity index (χ1n) is 4.45. The monoisotopic (exact) mass is 191 g/mol. The third-order valence-corrected chi connectivity index (χ3v) is 2.34. The van der Waals surface area contributed by atoms with Gasteiger partial charge in [-0.2, -0.15) is 5.10 Å². The third-order valence-electron chi connectivity index (χ3n) is 2.34. The van der Waals surface area contributed by atoms with Crippen LogP contribution in [-0.4, -0.2) is 16.9 Å². The van der Waals surface area contributed by atoms with Gasteiger partial charge < -0.3 is 10.5 Å². The molecule has 0 aliphatic carbocycles. The SMILES string of the molecule is COc1cc(CN)cc2c1cnn2C. The second-order valence-electron chi connectivity index (χ2n) is 3.20. The largest absolute Gasteiger partial charge is 0.496 e. The number of methoxy groups -OCH3 is 1. The van der Waals surface area contributed by atoms with E-state index in [1.165, 1.54) is 0 Å². The van der Waals surface area contributed by atoms with Crippen LogP contribution in [0.4, 0.5) is 0 Å². The molecule has 1 aromatic carbocycles. The van der Waals surface area contributed by atoms with E-state index in [2.05, 4.69) is 5.10 Å². The molecule has 0 spiro atoms. The minimum atomic E-state index is 0.511. The zero-order valence-electron chi connectivity index (χ0n) is 8.32. The van der Waals surface area contributed by atoms with E-state index in [0.29, 0.717) is 6.54 Å². The van der Waals surface area contributed by atoms with Gasteiger partial charge in [-0.05, 0) is 17.7 Å². The van der Waals surface area contributed by atoms with Crippen LogP contribution < -0.4 is 10.5 Å². The van der Waals surface area contributed by atoms with E-state index in [0.717, 1.165) is 22.2 Å². The molecule has 0 saturated heterocycles. The first kappa shape index (κ1) is 9.02. The van der Waals surface area contributed by atoms with Crippen LogP contribution in [0.5, 0.6) is 5.75 Å². The fraction of sp³-hybridized carbons (Fsp3) is 0.300. The molecular weight excluding hydrogens is 178 g/mol. The van der Waals surface area contributed by atoms with Gasteiger partial charge in [-0.15, -0.1) is 0 Å². The Morgan fingerprint density at radius 2 is 2.29 bits per heavy atom. The average Bonchev–Trinajstić information content (AvgIpc) is 2.59. The lowest BCUT2D eigenvalue weighted by atomic mass is 10.1. The maximum absolute atomic E-state index is 5.60. The lowest BCUT2D eigenvalue weighted by Crippen LogP contribution is -1.98. The van der Waals surface area contributed by atoms with Crippen molar-refractivity contribution in [1.29, 1.82) is 0 Å². The van der Waals surface area contributed by atoms with Crippen LogP contribution in [0, 0.1) is 0 Å². The molecule has 0 fully saturated rings. The van der Waals surface area contributed by atoms with Crippen molar-refractivity contribution in [2.45, 2.75) is 6.54 Å². The molecule has 0 bridgehead atoms. The Morgan fingerprint density at radius 3 is 2.93 bits per heavy atom. The highest BCUT2D eigenvalue weighted by Crippen LogP contribution is 2.26. The number of fused-ring (bicyclic) bond motifs is 1. The highest BCUT2D eigenvalue weighted by atomic mass is 16.5. The molecule has 14 heavy (non-hydrogen) atoms.